The van der Waals surface area contributed by atoms with Crippen molar-refractivity contribution in [2.45, 2.75) is 38.9 Å². The lowest BCUT2D eigenvalue weighted by atomic mass is 10.1. The lowest BCUT2D eigenvalue weighted by Gasteiger charge is -2.10. The summed E-state index contributed by atoms with van der Waals surface area (Å²) in [5, 5.41) is 8.91. The second kappa shape index (κ2) is 6.52. The summed E-state index contributed by atoms with van der Waals surface area (Å²) < 4.78 is 0. The highest BCUT2D eigenvalue weighted by Gasteiger charge is 2.22. The molecule has 2 rings (SSSR count). The summed E-state index contributed by atoms with van der Waals surface area (Å²) in [5.74, 6) is 0.126. The highest BCUT2D eigenvalue weighted by atomic mass is 16.6. The molecule has 1 aromatic carbocycles. The van der Waals surface area contributed by atoms with Crippen LogP contribution in [0.5, 0.6) is 0 Å². The predicted molar refractivity (Wildman–Crippen MR) is 67.3 cm³/mol. The van der Waals surface area contributed by atoms with Gasteiger partial charge in [-0.1, -0.05) is 37.1 Å². The lowest BCUT2D eigenvalue weighted by molar-refractivity contribution is -0.138. The number of benzene rings is 1. The molecule has 0 aliphatic heterocycles. The van der Waals surface area contributed by atoms with E-state index in [0.717, 1.165) is 36.8 Å². The molecule has 1 aromatic rings. The molecule has 0 spiro atoms. The summed E-state index contributed by atoms with van der Waals surface area (Å²) in [5.41, 5.74) is 4.35. The molecule has 0 heterocycles. The molecule has 1 amide bonds. The third kappa shape index (κ3) is 3.55. The lowest BCUT2D eigenvalue weighted by Crippen LogP contribution is -2.29. The Morgan fingerprint density at radius 2 is 1.83 bits per heavy atom. The fourth-order valence-electron chi connectivity index (χ4n) is 2.20. The number of carbonyl (C=O) groups is 1. The van der Waals surface area contributed by atoms with Crippen LogP contribution in [0.4, 0.5) is 0 Å². The van der Waals surface area contributed by atoms with Gasteiger partial charge < -0.3 is 5.11 Å². The van der Waals surface area contributed by atoms with Gasteiger partial charge in [-0.25, -0.2) is 5.48 Å². The second-order valence-corrected chi connectivity index (χ2v) is 4.71. The topological polar surface area (TPSA) is 58.6 Å². The molecule has 0 aromatic heterocycles. The Labute approximate surface area is 107 Å². The van der Waals surface area contributed by atoms with Gasteiger partial charge in [0.25, 0.3) is 0 Å². The molecule has 0 atom stereocenters. The third-order valence-corrected chi connectivity index (χ3v) is 3.34. The van der Waals surface area contributed by atoms with Gasteiger partial charge in [-0.15, -0.1) is 0 Å². The quantitative estimate of drug-likeness (QED) is 0.784. The van der Waals surface area contributed by atoms with Gasteiger partial charge >= 0.3 is 0 Å². The number of amides is 1. The fraction of sp³-hybridized carbons (Fsp3) is 0.500. The minimum absolute atomic E-state index is 0.000483. The Balaban J connectivity index is 1.72. The molecular formula is C14H19NO3. The number of nitrogens with one attached hydrogen (secondary N) is 1. The van der Waals surface area contributed by atoms with Crippen LogP contribution in [0.2, 0.25) is 0 Å². The van der Waals surface area contributed by atoms with E-state index < -0.39 is 0 Å². The van der Waals surface area contributed by atoms with Crippen molar-refractivity contribution in [2.24, 2.45) is 5.92 Å². The molecule has 2 N–H and O–H groups in total. The summed E-state index contributed by atoms with van der Waals surface area (Å²) in [4.78, 5) is 16.9. The van der Waals surface area contributed by atoms with Crippen molar-refractivity contribution in [2.75, 3.05) is 0 Å². The Bertz CT molecular complexity index is 383. The molecule has 18 heavy (non-hydrogen) atoms. The first-order valence-corrected chi connectivity index (χ1v) is 6.40. The van der Waals surface area contributed by atoms with Crippen LogP contribution in [0, 0.1) is 5.92 Å². The zero-order valence-corrected chi connectivity index (χ0v) is 10.4. The number of hydroxylamine groups is 1. The largest absolute Gasteiger partial charge is 0.392 e. The molecule has 4 nitrogen and oxygen atoms in total. The summed E-state index contributed by atoms with van der Waals surface area (Å²) in [7, 11) is 0. The predicted octanol–water partition coefficient (Wildman–Crippen LogP) is 1.92. The van der Waals surface area contributed by atoms with E-state index in [4.69, 9.17) is 9.94 Å². The van der Waals surface area contributed by atoms with E-state index in [1.807, 2.05) is 24.3 Å². The smallest absolute Gasteiger partial charge is 0.246 e. The maximum absolute atomic E-state index is 11.7. The van der Waals surface area contributed by atoms with Crippen molar-refractivity contribution < 1.29 is 14.7 Å². The SMILES string of the molecule is O=C(NOCc1ccc(CO)cc1)C1CCCC1. The van der Waals surface area contributed by atoms with E-state index in [1.165, 1.54) is 0 Å². The van der Waals surface area contributed by atoms with Crippen molar-refractivity contribution in [1.29, 1.82) is 0 Å². The van der Waals surface area contributed by atoms with Crippen molar-refractivity contribution in [3.63, 3.8) is 0 Å². The molecular weight excluding hydrogens is 230 g/mol. The van der Waals surface area contributed by atoms with Crippen LogP contribution in [-0.4, -0.2) is 11.0 Å². The van der Waals surface area contributed by atoms with E-state index in [0.29, 0.717) is 6.61 Å². The first-order valence-electron chi connectivity index (χ1n) is 6.40. The average Bonchev–Trinajstić information content (AvgIpc) is 2.93. The van der Waals surface area contributed by atoms with Crippen LogP contribution in [0.25, 0.3) is 0 Å². The highest BCUT2D eigenvalue weighted by molar-refractivity contribution is 5.77. The van der Waals surface area contributed by atoms with E-state index in [1.54, 1.807) is 0 Å². The Hall–Kier alpha value is -1.39. The Morgan fingerprint density at radius 1 is 1.22 bits per heavy atom. The molecule has 4 heteroatoms. The van der Waals surface area contributed by atoms with Crippen molar-refractivity contribution >= 4 is 5.91 Å². The normalized spacial score (nSPS) is 15.8. The molecule has 1 aliphatic carbocycles. The third-order valence-electron chi connectivity index (χ3n) is 3.34. The number of rotatable bonds is 5. The molecule has 1 fully saturated rings. The van der Waals surface area contributed by atoms with Crippen LogP contribution >= 0.6 is 0 Å². The number of hydrogen-bond donors (Lipinski definition) is 2. The van der Waals surface area contributed by atoms with Crippen molar-refractivity contribution in [3.8, 4) is 0 Å². The summed E-state index contributed by atoms with van der Waals surface area (Å²) in [6.45, 7) is 0.393. The number of carbonyl (C=O) groups excluding carboxylic acids is 1. The van der Waals surface area contributed by atoms with Crippen LogP contribution in [0.3, 0.4) is 0 Å². The van der Waals surface area contributed by atoms with Crippen LogP contribution in [-0.2, 0) is 22.8 Å². The minimum Gasteiger partial charge on any atom is -0.392 e. The van der Waals surface area contributed by atoms with Crippen LogP contribution < -0.4 is 5.48 Å². The Kier molecular flexibility index (Phi) is 4.73. The zero-order chi connectivity index (χ0) is 12.8. The van der Waals surface area contributed by atoms with Gasteiger partial charge in [-0.3, -0.25) is 9.63 Å². The summed E-state index contributed by atoms with van der Waals surface area (Å²) in [6.07, 6.45) is 4.22. The molecule has 0 radical (unpaired) electrons. The summed E-state index contributed by atoms with van der Waals surface area (Å²) >= 11 is 0. The maximum atomic E-state index is 11.7. The number of hydrogen-bond acceptors (Lipinski definition) is 3. The van der Waals surface area contributed by atoms with Gasteiger partial charge in [-0.05, 0) is 24.0 Å². The van der Waals surface area contributed by atoms with Gasteiger partial charge in [0.15, 0.2) is 0 Å². The maximum Gasteiger partial charge on any atom is 0.246 e. The minimum atomic E-state index is -0.000483. The van der Waals surface area contributed by atoms with E-state index in [-0.39, 0.29) is 18.4 Å². The number of aliphatic hydroxyl groups is 1. The van der Waals surface area contributed by atoms with Gasteiger partial charge in [-0.2, -0.15) is 0 Å². The molecule has 1 aliphatic rings. The molecule has 1 saturated carbocycles. The van der Waals surface area contributed by atoms with E-state index in [9.17, 15) is 4.79 Å². The first kappa shape index (κ1) is 13.1. The molecule has 0 bridgehead atoms. The average molecular weight is 249 g/mol. The van der Waals surface area contributed by atoms with Gasteiger partial charge in [0.1, 0.15) is 0 Å². The Morgan fingerprint density at radius 3 is 2.44 bits per heavy atom. The monoisotopic (exact) mass is 249 g/mol. The summed E-state index contributed by atoms with van der Waals surface area (Å²) in [6, 6.07) is 7.45. The molecule has 98 valence electrons. The van der Waals surface area contributed by atoms with Gasteiger partial charge in [0.2, 0.25) is 5.91 Å². The van der Waals surface area contributed by atoms with Gasteiger partial charge in [0, 0.05) is 5.92 Å². The standard InChI is InChI=1S/C14H19NO3/c16-9-11-5-7-12(8-6-11)10-18-15-14(17)13-3-1-2-4-13/h5-8,13,16H,1-4,9-10H2,(H,15,17). The second-order valence-electron chi connectivity index (χ2n) is 4.71. The van der Waals surface area contributed by atoms with Crippen molar-refractivity contribution in [1.82, 2.24) is 5.48 Å². The first-order chi connectivity index (χ1) is 8.79. The fourth-order valence-corrected chi connectivity index (χ4v) is 2.20. The van der Waals surface area contributed by atoms with Gasteiger partial charge in [0.05, 0.1) is 13.2 Å². The number of aliphatic hydroxyl groups excluding tert-OH is 1. The molecule has 0 unspecified atom stereocenters. The molecule has 0 saturated heterocycles. The highest BCUT2D eigenvalue weighted by Crippen LogP contribution is 2.24. The van der Waals surface area contributed by atoms with Crippen LogP contribution in [0.15, 0.2) is 24.3 Å². The van der Waals surface area contributed by atoms with E-state index >= 15 is 0 Å². The van der Waals surface area contributed by atoms with E-state index in [2.05, 4.69) is 5.48 Å². The van der Waals surface area contributed by atoms with Crippen LogP contribution in [0.1, 0.15) is 36.8 Å². The zero-order valence-electron chi connectivity index (χ0n) is 10.4. The van der Waals surface area contributed by atoms with Crippen molar-refractivity contribution in [3.05, 3.63) is 35.4 Å².